The van der Waals surface area contributed by atoms with Gasteiger partial charge in [-0.15, -0.1) is 0 Å². The summed E-state index contributed by atoms with van der Waals surface area (Å²) in [6.45, 7) is 4.15. The van der Waals surface area contributed by atoms with Crippen molar-refractivity contribution in [3.8, 4) is 0 Å². The summed E-state index contributed by atoms with van der Waals surface area (Å²) in [6, 6.07) is 3.96. The van der Waals surface area contributed by atoms with E-state index in [2.05, 4.69) is 27.4 Å². The van der Waals surface area contributed by atoms with Gasteiger partial charge in [0.1, 0.15) is 0 Å². The number of hydrogen-bond acceptors (Lipinski definition) is 4. The summed E-state index contributed by atoms with van der Waals surface area (Å²) in [4.78, 5) is 28.1. The average Bonchev–Trinajstić information content (AvgIpc) is 3.19. The normalized spacial score (nSPS) is 22.3. The van der Waals surface area contributed by atoms with Crippen molar-refractivity contribution in [2.45, 2.75) is 57.8 Å². The second-order valence-electron chi connectivity index (χ2n) is 9.60. The summed E-state index contributed by atoms with van der Waals surface area (Å²) < 4.78 is 1.81. The van der Waals surface area contributed by atoms with Crippen LogP contribution in [0, 0.1) is 11.8 Å². The second kappa shape index (κ2) is 8.99. The first-order chi connectivity index (χ1) is 15.2. The number of nitrogens with one attached hydrogen (secondary N) is 1. The van der Waals surface area contributed by atoms with Crippen LogP contribution in [-0.4, -0.2) is 52.6 Å². The van der Waals surface area contributed by atoms with E-state index >= 15 is 0 Å². The van der Waals surface area contributed by atoms with Crippen molar-refractivity contribution < 1.29 is 9.59 Å². The van der Waals surface area contributed by atoms with E-state index in [0.717, 1.165) is 23.5 Å². The van der Waals surface area contributed by atoms with E-state index in [1.165, 1.54) is 70.1 Å². The van der Waals surface area contributed by atoms with Crippen molar-refractivity contribution in [2.75, 3.05) is 31.1 Å². The number of urea groups is 1. The molecule has 0 unspecified atom stereocenters. The minimum absolute atomic E-state index is 0.215. The quantitative estimate of drug-likeness (QED) is 0.798. The molecule has 2 saturated heterocycles. The van der Waals surface area contributed by atoms with Gasteiger partial charge in [-0.2, -0.15) is 5.10 Å². The molecular formula is C24H33N5O2. The number of rotatable bonds is 5. The molecule has 2 aliphatic heterocycles. The van der Waals surface area contributed by atoms with Crippen LogP contribution in [0.5, 0.6) is 0 Å². The molecule has 1 N–H and O–H groups in total. The van der Waals surface area contributed by atoms with Crippen molar-refractivity contribution in [2.24, 2.45) is 11.8 Å². The molecule has 0 radical (unpaired) electrons. The van der Waals surface area contributed by atoms with Crippen molar-refractivity contribution in [1.82, 2.24) is 19.8 Å². The van der Waals surface area contributed by atoms with Crippen molar-refractivity contribution >= 4 is 23.1 Å². The van der Waals surface area contributed by atoms with E-state index in [1.54, 1.807) is 11.1 Å². The van der Waals surface area contributed by atoms with Gasteiger partial charge >= 0.3 is 6.03 Å². The fourth-order valence-electron chi connectivity index (χ4n) is 5.58. The maximum absolute atomic E-state index is 12.3. The summed E-state index contributed by atoms with van der Waals surface area (Å²) in [5.74, 6) is 1.43. The minimum atomic E-state index is -0.359. The minimum Gasteiger partial charge on any atom is -0.303 e. The molecular weight excluding hydrogens is 390 g/mol. The van der Waals surface area contributed by atoms with Crippen molar-refractivity contribution in [3.63, 3.8) is 0 Å². The molecule has 3 aliphatic rings. The molecule has 1 saturated carbocycles. The molecule has 0 aromatic carbocycles. The van der Waals surface area contributed by atoms with Crippen LogP contribution in [0.25, 0.3) is 5.52 Å². The number of carbonyl (C=O) groups excluding carboxylic acids is 2. The summed E-state index contributed by atoms with van der Waals surface area (Å²) in [5, 5.41) is 6.81. The summed E-state index contributed by atoms with van der Waals surface area (Å²) in [7, 11) is 0. The Morgan fingerprint density at radius 2 is 1.81 bits per heavy atom. The maximum atomic E-state index is 12.3. The monoisotopic (exact) mass is 423 g/mol. The lowest BCUT2D eigenvalue weighted by atomic mass is 9.87. The molecule has 31 heavy (non-hydrogen) atoms. The first kappa shape index (κ1) is 20.5. The largest absolute Gasteiger partial charge is 0.328 e. The fraction of sp³-hybridized carbons (Fsp3) is 0.625. The van der Waals surface area contributed by atoms with Crippen LogP contribution in [0.3, 0.4) is 0 Å². The average molecular weight is 424 g/mol. The molecule has 3 amide bonds. The number of aromatic nitrogens is 2. The number of fused-ring (bicyclic) bond motifs is 1. The van der Waals surface area contributed by atoms with Crippen LogP contribution in [-0.2, 0) is 11.2 Å². The van der Waals surface area contributed by atoms with E-state index in [1.807, 2.05) is 10.7 Å². The van der Waals surface area contributed by atoms with E-state index in [0.29, 0.717) is 18.9 Å². The Bertz CT molecular complexity index is 941. The Morgan fingerprint density at radius 1 is 1.00 bits per heavy atom. The van der Waals surface area contributed by atoms with Gasteiger partial charge in [-0.3, -0.25) is 15.0 Å². The summed E-state index contributed by atoms with van der Waals surface area (Å²) >= 11 is 0. The van der Waals surface area contributed by atoms with Crippen LogP contribution in [0.1, 0.15) is 56.9 Å². The van der Waals surface area contributed by atoms with E-state index in [9.17, 15) is 9.59 Å². The SMILES string of the molecule is O=C1CCN(c2cnn3ccc(CC4CCN(CC5CCCCC5)CC4)cc23)C(=O)N1. The zero-order valence-corrected chi connectivity index (χ0v) is 18.3. The predicted molar refractivity (Wildman–Crippen MR) is 120 cm³/mol. The fourth-order valence-corrected chi connectivity index (χ4v) is 5.58. The molecule has 1 aliphatic carbocycles. The Balaban J connectivity index is 1.21. The van der Waals surface area contributed by atoms with Gasteiger partial charge in [0.05, 0.1) is 17.4 Å². The molecule has 2 aromatic heterocycles. The number of amides is 3. The van der Waals surface area contributed by atoms with Gasteiger partial charge in [0.25, 0.3) is 0 Å². The predicted octanol–water partition coefficient (Wildman–Crippen LogP) is 3.62. The number of nitrogens with zero attached hydrogens (tertiary/aromatic N) is 4. The molecule has 7 heteroatoms. The highest BCUT2D eigenvalue weighted by Gasteiger charge is 2.27. The zero-order valence-electron chi connectivity index (χ0n) is 18.3. The van der Waals surface area contributed by atoms with Crippen molar-refractivity contribution in [3.05, 3.63) is 30.1 Å². The lowest BCUT2D eigenvalue weighted by Gasteiger charge is -2.35. The molecule has 7 nitrogen and oxygen atoms in total. The number of anilines is 1. The Kier molecular flexibility index (Phi) is 5.94. The number of imide groups is 1. The molecule has 0 bridgehead atoms. The Morgan fingerprint density at radius 3 is 2.58 bits per heavy atom. The number of piperidine rings is 1. The van der Waals surface area contributed by atoms with Crippen molar-refractivity contribution in [1.29, 1.82) is 0 Å². The van der Waals surface area contributed by atoms with Gasteiger partial charge < -0.3 is 4.90 Å². The number of carbonyl (C=O) groups is 2. The van der Waals surface area contributed by atoms with Crippen LogP contribution < -0.4 is 10.2 Å². The van der Waals surface area contributed by atoms with E-state index < -0.39 is 0 Å². The summed E-state index contributed by atoms with van der Waals surface area (Å²) in [6.07, 6.45) is 14.8. The third kappa shape index (κ3) is 4.61. The third-order valence-electron chi connectivity index (χ3n) is 7.38. The molecule has 2 aromatic rings. The second-order valence-corrected chi connectivity index (χ2v) is 9.60. The van der Waals surface area contributed by atoms with Crippen LogP contribution in [0.2, 0.25) is 0 Å². The van der Waals surface area contributed by atoms with Crippen LogP contribution in [0.4, 0.5) is 10.5 Å². The van der Waals surface area contributed by atoms with E-state index in [4.69, 9.17) is 0 Å². The Labute approximate surface area is 183 Å². The third-order valence-corrected chi connectivity index (χ3v) is 7.38. The first-order valence-corrected chi connectivity index (χ1v) is 12.0. The standard InChI is InChI=1S/C24H33N5O2/c30-23-9-12-28(24(31)26-23)22-16-25-29-13-8-20(15-21(22)29)14-18-6-10-27(11-7-18)17-19-4-2-1-3-5-19/h8,13,15-16,18-19H,1-7,9-12,14,17H2,(H,26,30,31). The van der Waals surface area contributed by atoms with Crippen LogP contribution >= 0.6 is 0 Å². The molecule has 166 valence electrons. The highest BCUT2D eigenvalue weighted by atomic mass is 16.2. The highest BCUT2D eigenvalue weighted by molar-refractivity contribution is 6.07. The van der Waals surface area contributed by atoms with E-state index in [-0.39, 0.29) is 11.9 Å². The molecule has 4 heterocycles. The topological polar surface area (TPSA) is 70.0 Å². The molecule has 3 fully saturated rings. The van der Waals surface area contributed by atoms with Crippen LogP contribution in [0.15, 0.2) is 24.5 Å². The molecule has 0 spiro atoms. The van der Waals surface area contributed by atoms with Gasteiger partial charge in [-0.25, -0.2) is 9.31 Å². The van der Waals surface area contributed by atoms with Gasteiger partial charge in [0.15, 0.2) is 0 Å². The lowest BCUT2D eigenvalue weighted by Crippen LogP contribution is -2.49. The van der Waals surface area contributed by atoms with Gasteiger partial charge in [0.2, 0.25) is 5.91 Å². The number of hydrogen-bond donors (Lipinski definition) is 1. The maximum Gasteiger partial charge on any atom is 0.328 e. The first-order valence-electron chi connectivity index (χ1n) is 12.0. The molecule has 5 rings (SSSR count). The highest BCUT2D eigenvalue weighted by Crippen LogP contribution is 2.29. The molecule has 0 atom stereocenters. The Hall–Kier alpha value is -2.41. The van der Waals surface area contributed by atoms with Gasteiger partial charge in [0, 0.05) is 25.7 Å². The number of pyridine rings is 1. The number of likely N-dealkylation sites (tertiary alicyclic amines) is 1. The smallest absolute Gasteiger partial charge is 0.303 e. The zero-order chi connectivity index (χ0) is 21.2. The lowest BCUT2D eigenvalue weighted by molar-refractivity contribution is -0.120. The summed E-state index contributed by atoms with van der Waals surface area (Å²) in [5.41, 5.74) is 3.00. The van der Waals surface area contributed by atoms with Gasteiger partial charge in [-0.05, 0) is 74.7 Å². The van der Waals surface area contributed by atoms with Gasteiger partial charge in [-0.1, -0.05) is 19.3 Å².